The van der Waals surface area contributed by atoms with E-state index in [0.717, 1.165) is 18.7 Å². The molecule has 1 aromatic heterocycles. The van der Waals surface area contributed by atoms with Crippen LogP contribution in [0.2, 0.25) is 0 Å². The lowest BCUT2D eigenvalue weighted by molar-refractivity contribution is 0.731. The molecule has 0 aliphatic carbocycles. The van der Waals surface area contributed by atoms with Crippen molar-refractivity contribution in [2.75, 3.05) is 13.1 Å². The molecule has 13 heavy (non-hydrogen) atoms. The van der Waals surface area contributed by atoms with Gasteiger partial charge in [0.25, 0.3) is 0 Å². The monoisotopic (exact) mass is 174 g/mol. The van der Waals surface area contributed by atoms with Crippen LogP contribution in [0.25, 0.3) is 6.08 Å². The number of rotatable bonds is 2. The maximum atomic E-state index is 3.83. The van der Waals surface area contributed by atoms with Gasteiger partial charge in [-0.3, -0.25) is 0 Å². The van der Waals surface area contributed by atoms with Crippen molar-refractivity contribution in [2.45, 2.75) is 6.42 Å². The molecular weight excluding hydrogens is 162 g/mol. The van der Waals surface area contributed by atoms with Crippen molar-refractivity contribution in [3.63, 3.8) is 0 Å². The molecule has 1 fully saturated rings. The zero-order valence-corrected chi connectivity index (χ0v) is 7.40. The third kappa shape index (κ3) is 2.36. The summed E-state index contributed by atoms with van der Waals surface area (Å²) < 4.78 is 0. The van der Waals surface area contributed by atoms with E-state index in [2.05, 4.69) is 33.8 Å². The van der Waals surface area contributed by atoms with Crippen molar-refractivity contribution < 1.29 is 0 Å². The molecule has 0 amide bonds. The molecule has 67 valence electrons. The van der Waals surface area contributed by atoms with Crippen molar-refractivity contribution in [3.8, 4) is 0 Å². The molecule has 1 radical (unpaired) electrons. The van der Waals surface area contributed by atoms with Crippen molar-refractivity contribution in [1.29, 1.82) is 0 Å². The number of nitrogens with zero attached hydrogens (tertiary/aromatic N) is 2. The maximum Gasteiger partial charge on any atom is 0.197 e. The molecule has 0 saturated carbocycles. The summed E-state index contributed by atoms with van der Waals surface area (Å²) >= 11 is 0. The van der Waals surface area contributed by atoms with Gasteiger partial charge in [0.15, 0.2) is 6.33 Å². The van der Waals surface area contributed by atoms with Gasteiger partial charge in [-0.05, 0) is 18.9 Å². The summed E-state index contributed by atoms with van der Waals surface area (Å²) in [7, 11) is 0. The largest absolute Gasteiger partial charge is 0.316 e. The van der Waals surface area contributed by atoms with Gasteiger partial charge >= 0.3 is 0 Å². The Balaban J connectivity index is 1.97. The van der Waals surface area contributed by atoms with Gasteiger partial charge in [-0.1, -0.05) is 12.2 Å². The van der Waals surface area contributed by atoms with E-state index in [1.165, 1.54) is 6.42 Å². The molecule has 0 unspecified atom stereocenters. The maximum absolute atomic E-state index is 3.83. The summed E-state index contributed by atoms with van der Waals surface area (Å²) in [5.41, 5.74) is 1.05. The van der Waals surface area contributed by atoms with E-state index in [4.69, 9.17) is 0 Å². The summed E-state index contributed by atoms with van der Waals surface area (Å²) in [5, 5.41) is 3.32. The number of aromatic nitrogens is 2. The van der Waals surface area contributed by atoms with Crippen LogP contribution in [0, 0.1) is 12.2 Å². The normalized spacial score (nSPS) is 22.6. The van der Waals surface area contributed by atoms with E-state index in [1.807, 2.05) is 0 Å². The second-order valence-corrected chi connectivity index (χ2v) is 3.23. The van der Waals surface area contributed by atoms with Gasteiger partial charge in [-0.15, -0.1) is 0 Å². The summed E-state index contributed by atoms with van der Waals surface area (Å²) in [6.07, 6.45) is 11.6. The van der Waals surface area contributed by atoms with Gasteiger partial charge in [-0.25, -0.2) is 9.97 Å². The topological polar surface area (TPSA) is 37.8 Å². The molecule has 3 heteroatoms. The lowest BCUT2D eigenvalue weighted by atomic mass is 10.1. The Morgan fingerprint density at radius 3 is 3.00 bits per heavy atom. The predicted molar refractivity (Wildman–Crippen MR) is 50.9 cm³/mol. The standard InChI is InChI=1S/C10H12N3/c1(9-3-4-11-5-9)2-10-6-12-8-13-7-10/h1-2,6-7,9,11H,3-5H2/b2-1+/t9-/m0/s1. The molecule has 1 saturated heterocycles. The number of hydrogen-bond donors (Lipinski definition) is 1. The lowest BCUT2D eigenvalue weighted by Crippen LogP contribution is -2.07. The third-order valence-corrected chi connectivity index (χ3v) is 2.20. The van der Waals surface area contributed by atoms with Gasteiger partial charge in [0.05, 0.1) is 0 Å². The minimum atomic E-state index is 0.671. The van der Waals surface area contributed by atoms with Crippen molar-refractivity contribution in [3.05, 3.63) is 30.4 Å². The minimum absolute atomic E-state index is 0.671. The Bertz CT molecular complexity index is 275. The molecule has 2 heterocycles. The smallest absolute Gasteiger partial charge is 0.197 e. The molecule has 1 aliphatic heterocycles. The molecule has 1 aromatic rings. The highest BCUT2D eigenvalue weighted by Gasteiger charge is 2.09. The quantitative estimate of drug-likeness (QED) is 0.724. The van der Waals surface area contributed by atoms with E-state index in [-0.39, 0.29) is 0 Å². The van der Waals surface area contributed by atoms with Crippen LogP contribution in [0.4, 0.5) is 0 Å². The first kappa shape index (κ1) is 8.38. The molecule has 3 nitrogen and oxygen atoms in total. The van der Waals surface area contributed by atoms with Gasteiger partial charge in [0, 0.05) is 24.5 Å². The predicted octanol–water partition coefficient (Wildman–Crippen LogP) is 0.899. The molecule has 0 bridgehead atoms. The van der Waals surface area contributed by atoms with Gasteiger partial charge in [0.1, 0.15) is 0 Å². The van der Waals surface area contributed by atoms with E-state index < -0.39 is 0 Å². The zero-order valence-electron chi connectivity index (χ0n) is 7.40. The Labute approximate surface area is 77.9 Å². The van der Waals surface area contributed by atoms with Crippen LogP contribution in [0.3, 0.4) is 0 Å². The van der Waals surface area contributed by atoms with Crippen LogP contribution >= 0.6 is 0 Å². The Kier molecular flexibility index (Phi) is 2.67. The highest BCUT2D eigenvalue weighted by Crippen LogP contribution is 2.10. The first-order chi connectivity index (χ1) is 6.45. The van der Waals surface area contributed by atoms with Crippen LogP contribution in [0.5, 0.6) is 0 Å². The Hall–Kier alpha value is -1.22. The van der Waals surface area contributed by atoms with E-state index >= 15 is 0 Å². The molecular formula is C10H12N3. The van der Waals surface area contributed by atoms with E-state index in [9.17, 15) is 0 Å². The van der Waals surface area contributed by atoms with Gasteiger partial charge in [0.2, 0.25) is 0 Å². The van der Waals surface area contributed by atoms with Crippen LogP contribution in [0.15, 0.2) is 18.5 Å². The average Bonchev–Trinajstić information content (AvgIpc) is 2.69. The number of nitrogens with one attached hydrogen (secondary N) is 1. The SMILES string of the molecule is [c]1ncc(/C=C/[C@H]2CCNC2)cn1. The first-order valence-corrected chi connectivity index (χ1v) is 4.52. The summed E-state index contributed by atoms with van der Waals surface area (Å²) in [5.74, 6) is 0.671. The summed E-state index contributed by atoms with van der Waals surface area (Å²) in [6.45, 7) is 2.23. The molecule has 2 rings (SSSR count). The van der Waals surface area contributed by atoms with Crippen LogP contribution in [0.1, 0.15) is 12.0 Å². The van der Waals surface area contributed by atoms with Gasteiger partial charge < -0.3 is 5.32 Å². The van der Waals surface area contributed by atoms with Crippen molar-refractivity contribution in [1.82, 2.24) is 15.3 Å². The van der Waals surface area contributed by atoms with Crippen molar-refractivity contribution >= 4 is 6.08 Å². The Morgan fingerprint density at radius 2 is 2.31 bits per heavy atom. The van der Waals surface area contributed by atoms with Crippen molar-refractivity contribution in [2.24, 2.45) is 5.92 Å². The third-order valence-electron chi connectivity index (χ3n) is 2.20. The molecule has 1 N–H and O–H groups in total. The Morgan fingerprint density at radius 1 is 1.46 bits per heavy atom. The molecule has 0 spiro atoms. The van der Waals surface area contributed by atoms with E-state index in [0.29, 0.717) is 5.92 Å². The van der Waals surface area contributed by atoms with Crippen LogP contribution in [-0.4, -0.2) is 23.1 Å². The summed E-state index contributed by atoms with van der Waals surface area (Å²) in [6, 6.07) is 0. The molecule has 1 aliphatic rings. The highest BCUT2D eigenvalue weighted by atomic mass is 14.9. The zero-order chi connectivity index (χ0) is 8.93. The second kappa shape index (κ2) is 4.14. The lowest BCUT2D eigenvalue weighted by Gasteiger charge is -1.98. The van der Waals surface area contributed by atoms with Crippen LogP contribution in [-0.2, 0) is 0 Å². The minimum Gasteiger partial charge on any atom is -0.316 e. The summed E-state index contributed by atoms with van der Waals surface area (Å²) in [4.78, 5) is 7.65. The highest BCUT2D eigenvalue weighted by molar-refractivity contribution is 5.46. The molecule has 1 atom stereocenters. The fourth-order valence-corrected chi connectivity index (χ4v) is 1.45. The van der Waals surface area contributed by atoms with Gasteiger partial charge in [-0.2, -0.15) is 0 Å². The van der Waals surface area contributed by atoms with Crippen LogP contribution < -0.4 is 5.32 Å². The fourth-order valence-electron chi connectivity index (χ4n) is 1.45. The molecule has 0 aromatic carbocycles. The average molecular weight is 174 g/mol. The van der Waals surface area contributed by atoms with E-state index in [1.54, 1.807) is 12.4 Å². The number of hydrogen-bond acceptors (Lipinski definition) is 3. The second-order valence-electron chi connectivity index (χ2n) is 3.23. The fraction of sp³-hybridized carbons (Fsp3) is 0.400. The first-order valence-electron chi connectivity index (χ1n) is 4.52.